The number of hydrogen-bond donors (Lipinski definition) is 2. The minimum atomic E-state index is -0.305. The number of ether oxygens (including phenoxy) is 1. The molecule has 0 atom stereocenters. The van der Waals surface area contributed by atoms with Gasteiger partial charge in [-0.05, 0) is 37.3 Å². The molecule has 3 heterocycles. The van der Waals surface area contributed by atoms with Crippen LogP contribution in [-0.2, 0) is 4.74 Å². The van der Waals surface area contributed by atoms with E-state index < -0.39 is 0 Å². The van der Waals surface area contributed by atoms with Crippen molar-refractivity contribution in [2.75, 3.05) is 41.8 Å². The molecule has 1 amide bonds. The standard InChI is InChI=1S/C20H19Cl2N5O2S/c1-12-10-17(27-6-8-29-9-7-27)26-20(23-12)25-14-4-2-13(3-5-14)24-19(28)15-11-16(21)30-18(15)22/h2-5,10-11H,6-9H2,1H3,(H,24,28)(H,23,25,26). The Morgan fingerprint density at radius 1 is 1.10 bits per heavy atom. The highest BCUT2D eigenvalue weighted by molar-refractivity contribution is 7.20. The van der Waals surface area contributed by atoms with Gasteiger partial charge in [-0.1, -0.05) is 23.2 Å². The quantitative estimate of drug-likeness (QED) is 0.554. The first-order valence-electron chi connectivity index (χ1n) is 9.29. The van der Waals surface area contributed by atoms with Gasteiger partial charge in [0.1, 0.15) is 10.2 Å². The summed E-state index contributed by atoms with van der Waals surface area (Å²) in [6.07, 6.45) is 0. The number of amides is 1. The molecule has 1 fully saturated rings. The summed E-state index contributed by atoms with van der Waals surface area (Å²) in [5.74, 6) is 1.09. The molecule has 1 aliphatic heterocycles. The third-order valence-electron chi connectivity index (χ3n) is 4.48. The molecule has 0 bridgehead atoms. The smallest absolute Gasteiger partial charge is 0.258 e. The Balaban J connectivity index is 1.44. The second-order valence-corrected chi connectivity index (χ2v) is 8.97. The maximum Gasteiger partial charge on any atom is 0.258 e. The van der Waals surface area contributed by atoms with Gasteiger partial charge in [-0.3, -0.25) is 4.79 Å². The van der Waals surface area contributed by atoms with Crippen LogP contribution in [0.3, 0.4) is 0 Å². The number of nitrogens with zero attached hydrogens (tertiary/aromatic N) is 3. The Morgan fingerprint density at radius 2 is 1.80 bits per heavy atom. The van der Waals surface area contributed by atoms with Crippen molar-refractivity contribution in [3.05, 3.63) is 56.3 Å². The average Bonchev–Trinajstić information content (AvgIpc) is 3.08. The van der Waals surface area contributed by atoms with Gasteiger partial charge in [-0.25, -0.2) is 4.98 Å². The van der Waals surface area contributed by atoms with Crippen molar-refractivity contribution >= 4 is 63.6 Å². The normalized spacial score (nSPS) is 13.9. The van der Waals surface area contributed by atoms with Crippen LogP contribution in [0.2, 0.25) is 8.67 Å². The Bertz CT molecular complexity index is 1050. The van der Waals surface area contributed by atoms with Gasteiger partial charge in [0, 0.05) is 36.2 Å². The summed E-state index contributed by atoms with van der Waals surface area (Å²) < 4.78 is 6.24. The average molecular weight is 464 g/mol. The minimum absolute atomic E-state index is 0.305. The number of aryl methyl sites for hydroxylation is 1. The summed E-state index contributed by atoms with van der Waals surface area (Å²) in [6.45, 7) is 4.95. The molecule has 0 spiro atoms. The van der Waals surface area contributed by atoms with Crippen LogP contribution in [0, 0.1) is 6.92 Å². The van der Waals surface area contributed by atoms with Crippen molar-refractivity contribution in [1.29, 1.82) is 0 Å². The molecule has 30 heavy (non-hydrogen) atoms. The number of rotatable bonds is 5. The van der Waals surface area contributed by atoms with E-state index in [1.807, 2.05) is 25.1 Å². The number of carbonyl (C=O) groups excluding carboxylic acids is 1. The predicted molar refractivity (Wildman–Crippen MR) is 122 cm³/mol. The van der Waals surface area contributed by atoms with Gasteiger partial charge in [0.15, 0.2) is 0 Å². The summed E-state index contributed by atoms with van der Waals surface area (Å²) in [6, 6.07) is 10.8. The van der Waals surface area contributed by atoms with E-state index in [0.717, 1.165) is 41.6 Å². The van der Waals surface area contributed by atoms with Crippen LogP contribution in [0.25, 0.3) is 0 Å². The highest BCUT2D eigenvalue weighted by Crippen LogP contribution is 2.31. The second-order valence-electron chi connectivity index (χ2n) is 6.68. The summed E-state index contributed by atoms with van der Waals surface area (Å²) in [5.41, 5.74) is 2.69. The lowest BCUT2D eigenvalue weighted by atomic mass is 10.2. The Kier molecular flexibility index (Phi) is 6.38. The summed E-state index contributed by atoms with van der Waals surface area (Å²) in [5, 5.41) is 6.03. The lowest BCUT2D eigenvalue weighted by Crippen LogP contribution is -2.36. The molecule has 156 valence electrons. The fourth-order valence-electron chi connectivity index (χ4n) is 3.02. The lowest BCUT2D eigenvalue weighted by Gasteiger charge is -2.28. The molecule has 7 nitrogen and oxygen atoms in total. The van der Waals surface area contributed by atoms with Gasteiger partial charge >= 0.3 is 0 Å². The zero-order chi connectivity index (χ0) is 21.1. The molecule has 3 aromatic rings. The van der Waals surface area contributed by atoms with E-state index in [4.69, 9.17) is 27.9 Å². The van der Waals surface area contributed by atoms with E-state index in [-0.39, 0.29) is 5.91 Å². The first-order valence-corrected chi connectivity index (χ1v) is 10.9. The molecule has 1 aliphatic rings. The molecule has 10 heteroatoms. The molecule has 4 rings (SSSR count). The second kappa shape index (κ2) is 9.18. The monoisotopic (exact) mass is 463 g/mol. The molecule has 2 N–H and O–H groups in total. The number of morpholine rings is 1. The molecule has 0 unspecified atom stereocenters. The largest absolute Gasteiger partial charge is 0.378 e. The lowest BCUT2D eigenvalue weighted by molar-refractivity contribution is 0.102. The molecular weight excluding hydrogens is 445 g/mol. The molecular formula is C20H19Cl2N5O2S. The number of thiophene rings is 1. The third-order valence-corrected chi connectivity index (χ3v) is 5.96. The molecule has 0 aliphatic carbocycles. The number of hydrogen-bond acceptors (Lipinski definition) is 7. The van der Waals surface area contributed by atoms with Crippen LogP contribution in [0.5, 0.6) is 0 Å². The Hall–Kier alpha value is -2.39. The zero-order valence-corrected chi connectivity index (χ0v) is 18.4. The number of nitrogens with one attached hydrogen (secondary N) is 2. The van der Waals surface area contributed by atoms with E-state index in [1.165, 1.54) is 0 Å². The number of carbonyl (C=O) groups is 1. The number of benzene rings is 1. The molecule has 0 saturated carbocycles. The number of aromatic nitrogens is 2. The van der Waals surface area contributed by atoms with Gasteiger partial charge < -0.3 is 20.3 Å². The van der Waals surface area contributed by atoms with Crippen molar-refractivity contribution in [2.45, 2.75) is 6.92 Å². The van der Waals surface area contributed by atoms with Crippen LogP contribution in [-0.4, -0.2) is 42.2 Å². The summed E-state index contributed by atoms with van der Waals surface area (Å²) in [4.78, 5) is 23.6. The fourth-order valence-corrected chi connectivity index (χ4v) is 4.48. The SMILES string of the molecule is Cc1cc(N2CCOCC2)nc(Nc2ccc(NC(=O)c3cc(Cl)sc3Cl)cc2)n1. The maximum atomic E-state index is 12.4. The molecule has 1 saturated heterocycles. The van der Waals surface area contributed by atoms with Crippen molar-refractivity contribution in [3.8, 4) is 0 Å². The van der Waals surface area contributed by atoms with E-state index >= 15 is 0 Å². The highest BCUT2D eigenvalue weighted by atomic mass is 35.5. The first kappa shape index (κ1) is 20.9. The fraction of sp³-hybridized carbons (Fsp3) is 0.250. The van der Waals surface area contributed by atoms with E-state index in [0.29, 0.717) is 39.1 Å². The van der Waals surface area contributed by atoms with Crippen LogP contribution in [0.15, 0.2) is 36.4 Å². The van der Waals surface area contributed by atoms with E-state index in [9.17, 15) is 4.79 Å². The first-order chi connectivity index (χ1) is 14.5. The predicted octanol–water partition coefficient (Wildman–Crippen LogP) is 4.99. The highest BCUT2D eigenvalue weighted by Gasteiger charge is 2.15. The minimum Gasteiger partial charge on any atom is -0.378 e. The van der Waals surface area contributed by atoms with Crippen LogP contribution < -0.4 is 15.5 Å². The summed E-state index contributed by atoms with van der Waals surface area (Å²) in [7, 11) is 0. The zero-order valence-electron chi connectivity index (χ0n) is 16.1. The topological polar surface area (TPSA) is 79.4 Å². The van der Waals surface area contributed by atoms with Gasteiger partial charge in [-0.2, -0.15) is 4.98 Å². The van der Waals surface area contributed by atoms with Crippen molar-refractivity contribution in [3.63, 3.8) is 0 Å². The Labute approximate surface area is 188 Å². The maximum absolute atomic E-state index is 12.4. The summed E-state index contributed by atoms with van der Waals surface area (Å²) >= 11 is 13.1. The molecule has 2 aromatic heterocycles. The number of anilines is 4. The van der Waals surface area contributed by atoms with Crippen LogP contribution in [0.1, 0.15) is 16.1 Å². The Morgan fingerprint density at radius 3 is 2.47 bits per heavy atom. The van der Waals surface area contributed by atoms with Crippen molar-refractivity contribution in [2.24, 2.45) is 0 Å². The molecule has 0 radical (unpaired) electrons. The van der Waals surface area contributed by atoms with Gasteiger partial charge in [0.25, 0.3) is 5.91 Å². The van der Waals surface area contributed by atoms with Crippen LogP contribution >= 0.6 is 34.5 Å². The van der Waals surface area contributed by atoms with E-state index in [1.54, 1.807) is 18.2 Å². The molecule has 1 aromatic carbocycles. The van der Waals surface area contributed by atoms with Crippen molar-refractivity contribution in [1.82, 2.24) is 9.97 Å². The van der Waals surface area contributed by atoms with Crippen molar-refractivity contribution < 1.29 is 9.53 Å². The number of halogens is 2. The van der Waals surface area contributed by atoms with Gasteiger partial charge in [-0.15, -0.1) is 11.3 Å². The van der Waals surface area contributed by atoms with Gasteiger partial charge in [0.05, 0.1) is 23.1 Å². The van der Waals surface area contributed by atoms with Gasteiger partial charge in [0.2, 0.25) is 5.95 Å². The third kappa shape index (κ3) is 5.02. The van der Waals surface area contributed by atoms with E-state index in [2.05, 4.69) is 25.5 Å². The van der Waals surface area contributed by atoms with Crippen LogP contribution in [0.4, 0.5) is 23.1 Å².